The lowest BCUT2D eigenvalue weighted by molar-refractivity contribution is 0.102. The molecule has 2 heterocycles. The topological polar surface area (TPSA) is 56.9 Å². The van der Waals surface area contributed by atoms with Crippen molar-refractivity contribution in [3.63, 3.8) is 0 Å². The summed E-state index contributed by atoms with van der Waals surface area (Å²) in [5.41, 5.74) is 4.90. The van der Waals surface area contributed by atoms with E-state index in [1.165, 1.54) is 11.3 Å². The van der Waals surface area contributed by atoms with Gasteiger partial charge in [0.15, 0.2) is 0 Å². The molecule has 1 aromatic heterocycles. The summed E-state index contributed by atoms with van der Waals surface area (Å²) in [6, 6.07) is 13.7. The van der Waals surface area contributed by atoms with E-state index in [0.717, 1.165) is 29.6 Å². The quantitative estimate of drug-likeness (QED) is 0.672. The van der Waals surface area contributed by atoms with Gasteiger partial charge in [0, 0.05) is 35.2 Å². The van der Waals surface area contributed by atoms with Crippen LogP contribution in [0, 0.1) is 0 Å². The largest absolute Gasteiger partial charge is 0.384 e. The highest BCUT2D eigenvalue weighted by molar-refractivity contribution is 6.06. The van der Waals surface area contributed by atoms with Crippen molar-refractivity contribution >= 4 is 28.2 Å². The highest BCUT2D eigenvalue weighted by Gasteiger charge is 2.12. The molecule has 0 radical (unpaired) electrons. The van der Waals surface area contributed by atoms with Crippen molar-refractivity contribution in [3.05, 3.63) is 59.8 Å². The van der Waals surface area contributed by atoms with E-state index in [9.17, 15) is 4.79 Å². The molecule has 0 saturated carbocycles. The molecule has 4 heteroatoms. The normalized spacial score (nSPS) is 13.0. The summed E-state index contributed by atoms with van der Waals surface area (Å²) in [7, 11) is 0. The highest BCUT2D eigenvalue weighted by atomic mass is 16.1. The number of hydrogen-bond acceptors (Lipinski definition) is 2. The molecule has 1 aliphatic rings. The fourth-order valence-corrected chi connectivity index (χ4v) is 2.77. The Hall–Kier alpha value is -2.75. The maximum absolute atomic E-state index is 12.3. The number of hydrogen-bond donors (Lipinski definition) is 3. The molecule has 1 aliphatic heterocycles. The number of aromatic nitrogens is 1. The van der Waals surface area contributed by atoms with Crippen molar-refractivity contribution < 1.29 is 4.79 Å². The molecule has 0 aliphatic carbocycles. The average Bonchev–Trinajstić information content (AvgIpc) is 3.14. The van der Waals surface area contributed by atoms with Crippen LogP contribution in [0.3, 0.4) is 0 Å². The summed E-state index contributed by atoms with van der Waals surface area (Å²) in [6.45, 7) is 0.968. The van der Waals surface area contributed by atoms with Gasteiger partial charge in [-0.2, -0.15) is 0 Å². The van der Waals surface area contributed by atoms with E-state index in [-0.39, 0.29) is 5.91 Å². The second kappa shape index (κ2) is 4.66. The second-order valence-electron chi connectivity index (χ2n) is 5.28. The van der Waals surface area contributed by atoms with Gasteiger partial charge in [0.1, 0.15) is 0 Å². The predicted molar refractivity (Wildman–Crippen MR) is 84.9 cm³/mol. The number of aromatic amines is 1. The molecule has 104 valence electrons. The van der Waals surface area contributed by atoms with Crippen molar-refractivity contribution in [2.45, 2.75) is 6.42 Å². The first-order valence-electron chi connectivity index (χ1n) is 7.05. The fraction of sp³-hybridized carbons (Fsp3) is 0.118. The van der Waals surface area contributed by atoms with E-state index in [0.29, 0.717) is 5.56 Å². The predicted octanol–water partition coefficient (Wildman–Crippen LogP) is 3.39. The van der Waals surface area contributed by atoms with E-state index in [4.69, 9.17) is 0 Å². The van der Waals surface area contributed by atoms with Crippen LogP contribution in [0.1, 0.15) is 15.9 Å². The Balaban J connectivity index is 1.60. The molecule has 0 fully saturated rings. The molecule has 0 spiro atoms. The minimum absolute atomic E-state index is 0.0857. The molecule has 3 N–H and O–H groups in total. The molecule has 4 nitrogen and oxygen atoms in total. The molecule has 0 bridgehead atoms. The number of rotatable bonds is 2. The first-order chi connectivity index (χ1) is 10.3. The van der Waals surface area contributed by atoms with Crippen LogP contribution in [0.4, 0.5) is 11.4 Å². The zero-order chi connectivity index (χ0) is 14.2. The summed E-state index contributed by atoms with van der Waals surface area (Å²) in [5.74, 6) is -0.0857. The Labute approximate surface area is 122 Å². The van der Waals surface area contributed by atoms with Crippen LogP contribution < -0.4 is 10.6 Å². The van der Waals surface area contributed by atoms with Crippen LogP contribution in [0.5, 0.6) is 0 Å². The van der Waals surface area contributed by atoms with E-state index < -0.39 is 0 Å². The van der Waals surface area contributed by atoms with Gasteiger partial charge in [0.25, 0.3) is 5.91 Å². The Morgan fingerprint density at radius 3 is 3.00 bits per heavy atom. The fourth-order valence-electron chi connectivity index (χ4n) is 2.77. The SMILES string of the molecule is O=C(Nc1ccc2c(c1)CCN2)c1ccc2cc[nH]c2c1. The van der Waals surface area contributed by atoms with Gasteiger partial charge in [-0.05, 0) is 53.8 Å². The van der Waals surface area contributed by atoms with Crippen molar-refractivity contribution in [1.82, 2.24) is 4.98 Å². The Bertz CT molecular complexity index is 835. The minimum Gasteiger partial charge on any atom is -0.384 e. The van der Waals surface area contributed by atoms with Crippen LogP contribution in [-0.4, -0.2) is 17.4 Å². The molecule has 0 saturated heterocycles. The molecule has 0 atom stereocenters. The van der Waals surface area contributed by atoms with E-state index in [2.05, 4.69) is 15.6 Å². The van der Waals surface area contributed by atoms with Gasteiger partial charge in [0.2, 0.25) is 0 Å². The van der Waals surface area contributed by atoms with Crippen LogP contribution in [0.15, 0.2) is 48.7 Å². The number of H-pyrrole nitrogens is 1. The maximum atomic E-state index is 12.3. The second-order valence-corrected chi connectivity index (χ2v) is 5.28. The Morgan fingerprint density at radius 1 is 1.10 bits per heavy atom. The number of benzene rings is 2. The molecule has 21 heavy (non-hydrogen) atoms. The molecule has 3 aromatic rings. The maximum Gasteiger partial charge on any atom is 0.255 e. The van der Waals surface area contributed by atoms with E-state index in [1.54, 1.807) is 0 Å². The van der Waals surface area contributed by atoms with Gasteiger partial charge in [-0.3, -0.25) is 4.79 Å². The van der Waals surface area contributed by atoms with Crippen molar-refractivity contribution in [2.75, 3.05) is 17.2 Å². The number of fused-ring (bicyclic) bond motifs is 2. The summed E-state index contributed by atoms with van der Waals surface area (Å²) < 4.78 is 0. The van der Waals surface area contributed by atoms with E-state index in [1.807, 2.05) is 48.7 Å². The number of carbonyl (C=O) groups excluding carboxylic acids is 1. The van der Waals surface area contributed by atoms with Gasteiger partial charge in [0.05, 0.1) is 0 Å². The van der Waals surface area contributed by atoms with Crippen LogP contribution >= 0.6 is 0 Å². The van der Waals surface area contributed by atoms with Gasteiger partial charge in [-0.25, -0.2) is 0 Å². The molecular formula is C17H15N3O. The number of nitrogens with one attached hydrogen (secondary N) is 3. The lowest BCUT2D eigenvalue weighted by Gasteiger charge is -2.07. The zero-order valence-corrected chi connectivity index (χ0v) is 11.4. The highest BCUT2D eigenvalue weighted by Crippen LogP contribution is 2.25. The lowest BCUT2D eigenvalue weighted by Crippen LogP contribution is -2.11. The third-order valence-corrected chi connectivity index (χ3v) is 3.89. The van der Waals surface area contributed by atoms with Gasteiger partial charge < -0.3 is 15.6 Å². The summed E-state index contributed by atoms with van der Waals surface area (Å²) in [4.78, 5) is 15.5. The average molecular weight is 277 g/mol. The standard InChI is InChI=1S/C17H15N3O/c21-17(13-2-1-11-5-7-19-16(11)10-13)20-14-3-4-15-12(9-14)6-8-18-15/h1-5,7,9-10,18-19H,6,8H2,(H,20,21). The Kier molecular flexibility index (Phi) is 2.67. The van der Waals surface area contributed by atoms with Crippen molar-refractivity contribution in [1.29, 1.82) is 0 Å². The van der Waals surface area contributed by atoms with Gasteiger partial charge >= 0.3 is 0 Å². The van der Waals surface area contributed by atoms with Crippen molar-refractivity contribution in [2.24, 2.45) is 0 Å². The zero-order valence-electron chi connectivity index (χ0n) is 11.4. The number of anilines is 2. The summed E-state index contributed by atoms with van der Waals surface area (Å²) >= 11 is 0. The van der Waals surface area contributed by atoms with Crippen LogP contribution in [0.25, 0.3) is 10.9 Å². The smallest absolute Gasteiger partial charge is 0.255 e. The molecule has 0 unspecified atom stereocenters. The van der Waals surface area contributed by atoms with Gasteiger partial charge in [-0.15, -0.1) is 0 Å². The molecule has 1 amide bonds. The first-order valence-corrected chi connectivity index (χ1v) is 7.05. The van der Waals surface area contributed by atoms with Crippen molar-refractivity contribution in [3.8, 4) is 0 Å². The van der Waals surface area contributed by atoms with E-state index >= 15 is 0 Å². The van der Waals surface area contributed by atoms with Gasteiger partial charge in [-0.1, -0.05) is 6.07 Å². The summed E-state index contributed by atoms with van der Waals surface area (Å²) in [6.07, 6.45) is 2.88. The minimum atomic E-state index is -0.0857. The number of amides is 1. The van der Waals surface area contributed by atoms with Crippen LogP contribution in [0.2, 0.25) is 0 Å². The third kappa shape index (κ3) is 2.14. The first kappa shape index (κ1) is 12.0. The monoisotopic (exact) mass is 277 g/mol. The molecule has 2 aromatic carbocycles. The Morgan fingerprint density at radius 2 is 2.05 bits per heavy atom. The molecular weight excluding hydrogens is 262 g/mol. The summed E-state index contributed by atoms with van der Waals surface area (Å²) in [5, 5.41) is 7.38. The lowest BCUT2D eigenvalue weighted by atomic mass is 10.1. The number of carbonyl (C=O) groups is 1. The third-order valence-electron chi connectivity index (χ3n) is 3.89. The molecule has 4 rings (SSSR count). The van der Waals surface area contributed by atoms with Crippen LogP contribution in [-0.2, 0) is 6.42 Å².